The van der Waals surface area contributed by atoms with Crippen LogP contribution in [-0.2, 0) is 10.3 Å². The second-order valence-electron chi connectivity index (χ2n) is 7.30. The van der Waals surface area contributed by atoms with E-state index in [4.69, 9.17) is 15.6 Å². The van der Waals surface area contributed by atoms with Crippen LogP contribution in [0.2, 0.25) is 0 Å². The number of anilines is 2. The molecule has 8 heteroatoms. The summed E-state index contributed by atoms with van der Waals surface area (Å²) in [6.07, 6.45) is 5.03. The zero-order valence-electron chi connectivity index (χ0n) is 14.8. The molecular formula is C17H24N6O2. The lowest BCUT2D eigenvalue weighted by Gasteiger charge is -2.24. The number of hydrogen-bond donors (Lipinski definition) is 2. The molecule has 1 aliphatic carbocycles. The van der Waals surface area contributed by atoms with E-state index in [1.165, 1.54) is 0 Å². The standard InChI is InChI=1S/C17H24N6O2/c1-17(2,3)23-13(11-5-6-12(9-11)25-15(18)24)10-14(22-23)21-16-19-7-4-8-20-16/h4,7-8,10-12H,5-6,9H2,1-3H3,(H2,18,24)(H,19,20,21,22). The number of primary amides is 1. The zero-order valence-corrected chi connectivity index (χ0v) is 14.8. The van der Waals surface area contributed by atoms with Gasteiger partial charge in [-0.1, -0.05) is 0 Å². The second kappa shape index (κ2) is 6.70. The number of nitrogens with two attached hydrogens (primary N) is 1. The molecule has 0 aliphatic heterocycles. The Bertz CT molecular complexity index is 737. The van der Waals surface area contributed by atoms with E-state index in [1.54, 1.807) is 18.5 Å². The summed E-state index contributed by atoms with van der Waals surface area (Å²) in [5, 5.41) is 7.84. The third-order valence-electron chi connectivity index (χ3n) is 4.26. The fraction of sp³-hybridized carbons (Fsp3) is 0.529. The van der Waals surface area contributed by atoms with Gasteiger partial charge in [0.2, 0.25) is 5.95 Å². The largest absolute Gasteiger partial charge is 0.446 e. The first-order valence-corrected chi connectivity index (χ1v) is 8.43. The summed E-state index contributed by atoms with van der Waals surface area (Å²) in [4.78, 5) is 19.3. The number of rotatable bonds is 4. The molecule has 1 aliphatic rings. The Kier molecular flexibility index (Phi) is 4.61. The highest BCUT2D eigenvalue weighted by molar-refractivity contribution is 5.64. The number of ether oxygens (including phenoxy) is 1. The third-order valence-corrected chi connectivity index (χ3v) is 4.26. The lowest BCUT2D eigenvalue weighted by Crippen LogP contribution is -2.26. The van der Waals surface area contributed by atoms with Gasteiger partial charge >= 0.3 is 6.09 Å². The lowest BCUT2D eigenvalue weighted by molar-refractivity contribution is 0.109. The molecule has 2 aromatic rings. The van der Waals surface area contributed by atoms with E-state index in [0.29, 0.717) is 11.8 Å². The highest BCUT2D eigenvalue weighted by Gasteiger charge is 2.33. The normalized spacial score (nSPS) is 20.4. The van der Waals surface area contributed by atoms with Crippen LogP contribution in [0, 0.1) is 0 Å². The molecule has 0 saturated heterocycles. The lowest BCUT2D eigenvalue weighted by atomic mass is 10.0. The predicted molar refractivity (Wildman–Crippen MR) is 93.6 cm³/mol. The fourth-order valence-corrected chi connectivity index (χ4v) is 3.24. The van der Waals surface area contributed by atoms with Gasteiger partial charge in [-0.2, -0.15) is 5.10 Å². The van der Waals surface area contributed by atoms with Crippen molar-refractivity contribution in [1.29, 1.82) is 0 Å². The van der Waals surface area contributed by atoms with Gasteiger partial charge in [0.1, 0.15) is 6.10 Å². The van der Waals surface area contributed by atoms with Crippen molar-refractivity contribution in [3.63, 3.8) is 0 Å². The zero-order chi connectivity index (χ0) is 18.0. The van der Waals surface area contributed by atoms with Gasteiger partial charge in [0.15, 0.2) is 5.82 Å². The predicted octanol–water partition coefficient (Wildman–Crippen LogP) is 2.90. The van der Waals surface area contributed by atoms with E-state index in [9.17, 15) is 4.79 Å². The van der Waals surface area contributed by atoms with Crippen molar-refractivity contribution >= 4 is 17.9 Å². The topological polar surface area (TPSA) is 108 Å². The quantitative estimate of drug-likeness (QED) is 0.883. The first kappa shape index (κ1) is 17.2. The molecule has 1 saturated carbocycles. The molecule has 134 valence electrons. The molecule has 3 rings (SSSR count). The number of carbonyl (C=O) groups is 1. The van der Waals surface area contributed by atoms with Crippen molar-refractivity contribution in [2.45, 2.75) is 57.6 Å². The summed E-state index contributed by atoms with van der Waals surface area (Å²) in [5.41, 5.74) is 6.08. The van der Waals surface area contributed by atoms with Gasteiger partial charge < -0.3 is 15.8 Å². The minimum atomic E-state index is -0.710. The Hall–Kier alpha value is -2.64. The van der Waals surface area contributed by atoms with E-state index < -0.39 is 6.09 Å². The van der Waals surface area contributed by atoms with Crippen LogP contribution in [0.15, 0.2) is 24.5 Å². The minimum Gasteiger partial charge on any atom is -0.446 e. The van der Waals surface area contributed by atoms with Crippen LogP contribution in [0.5, 0.6) is 0 Å². The Morgan fingerprint density at radius 2 is 2.04 bits per heavy atom. The number of nitrogens with one attached hydrogen (secondary N) is 1. The molecule has 1 fully saturated rings. The number of aromatic nitrogens is 4. The van der Waals surface area contributed by atoms with Crippen molar-refractivity contribution < 1.29 is 9.53 Å². The average molecular weight is 344 g/mol. The molecule has 2 heterocycles. The van der Waals surface area contributed by atoms with Crippen LogP contribution < -0.4 is 11.1 Å². The summed E-state index contributed by atoms with van der Waals surface area (Å²) in [7, 11) is 0. The molecule has 0 radical (unpaired) electrons. The van der Waals surface area contributed by atoms with E-state index in [0.717, 1.165) is 25.0 Å². The third kappa shape index (κ3) is 4.07. The summed E-state index contributed by atoms with van der Waals surface area (Å²) in [6, 6.07) is 3.79. The first-order chi connectivity index (χ1) is 11.8. The van der Waals surface area contributed by atoms with E-state index in [-0.39, 0.29) is 17.6 Å². The molecule has 0 aromatic carbocycles. The van der Waals surface area contributed by atoms with Crippen LogP contribution in [-0.4, -0.2) is 31.9 Å². The van der Waals surface area contributed by atoms with Gasteiger partial charge in [-0.05, 0) is 46.1 Å². The maximum atomic E-state index is 11.0. The van der Waals surface area contributed by atoms with Gasteiger partial charge in [-0.25, -0.2) is 14.8 Å². The highest BCUT2D eigenvalue weighted by atomic mass is 16.6. The summed E-state index contributed by atoms with van der Waals surface area (Å²) >= 11 is 0. The van der Waals surface area contributed by atoms with Gasteiger partial charge in [-0.15, -0.1) is 0 Å². The molecule has 25 heavy (non-hydrogen) atoms. The van der Waals surface area contributed by atoms with Crippen LogP contribution in [0.25, 0.3) is 0 Å². The van der Waals surface area contributed by atoms with Crippen molar-refractivity contribution in [1.82, 2.24) is 19.7 Å². The Balaban J connectivity index is 1.84. The maximum absolute atomic E-state index is 11.0. The Labute approximate surface area is 146 Å². The number of amides is 1. The molecule has 2 unspecified atom stereocenters. The number of nitrogens with zero attached hydrogens (tertiary/aromatic N) is 4. The molecule has 0 bridgehead atoms. The summed E-state index contributed by atoms with van der Waals surface area (Å²) in [5.74, 6) is 1.48. The first-order valence-electron chi connectivity index (χ1n) is 8.43. The van der Waals surface area contributed by atoms with Gasteiger partial charge in [0.25, 0.3) is 0 Å². The number of hydrogen-bond acceptors (Lipinski definition) is 6. The van der Waals surface area contributed by atoms with Crippen LogP contribution in [0.3, 0.4) is 0 Å². The smallest absolute Gasteiger partial charge is 0.404 e. The maximum Gasteiger partial charge on any atom is 0.404 e. The Morgan fingerprint density at radius 1 is 1.32 bits per heavy atom. The fourth-order valence-electron chi connectivity index (χ4n) is 3.24. The molecule has 0 spiro atoms. The second-order valence-corrected chi connectivity index (χ2v) is 7.30. The van der Waals surface area contributed by atoms with Gasteiger partial charge in [0, 0.05) is 30.1 Å². The highest BCUT2D eigenvalue weighted by Crippen LogP contribution is 2.38. The van der Waals surface area contributed by atoms with Gasteiger partial charge in [0.05, 0.1) is 5.54 Å². The summed E-state index contributed by atoms with van der Waals surface area (Å²) in [6.45, 7) is 6.33. The van der Waals surface area contributed by atoms with Gasteiger partial charge in [-0.3, -0.25) is 4.68 Å². The number of carbonyl (C=O) groups excluding carboxylic acids is 1. The molecule has 2 atom stereocenters. The summed E-state index contributed by atoms with van der Waals surface area (Å²) < 4.78 is 7.19. The van der Waals surface area contributed by atoms with Crippen LogP contribution in [0.4, 0.5) is 16.6 Å². The van der Waals surface area contributed by atoms with Crippen molar-refractivity contribution in [3.05, 3.63) is 30.2 Å². The molecule has 3 N–H and O–H groups in total. The van der Waals surface area contributed by atoms with Crippen molar-refractivity contribution in [3.8, 4) is 0 Å². The minimum absolute atomic E-state index is 0.125. The monoisotopic (exact) mass is 344 g/mol. The van der Waals surface area contributed by atoms with Crippen molar-refractivity contribution in [2.24, 2.45) is 5.73 Å². The van der Waals surface area contributed by atoms with E-state index in [1.807, 2.05) is 10.7 Å². The Morgan fingerprint density at radius 3 is 2.68 bits per heavy atom. The SMILES string of the molecule is CC(C)(C)n1nc(Nc2ncccn2)cc1C1CCC(OC(N)=O)C1. The molecule has 1 amide bonds. The molecule has 8 nitrogen and oxygen atoms in total. The van der Waals surface area contributed by atoms with E-state index >= 15 is 0 Å². The van der Waals surface area contributed by atoms with Crippen LogP contribution in [0.1, 0.15) is 51.6 Å². The molecular weight excluding hydrogens is 320 g/mol. The van der Waals surface area contributed by atoms with Crippen LogP contribution >= 0.6 is 0 Å². The average Bonchev–Trinajstić information content (AvgIpc) is 3.14. The van der Waals surface area contributed by atoms with Crippen molar-refractivity contribution in [2.75, 3.05) is 5.32 Å². The molecule has 2 aromatic heterocycles. The van der Waals surface area contributed by atoms with E-state index in [2.05, 4.69) is 36.1 Å².